The lowest BCUT2D eigenvalue weighted by atomic mass is 9.83. The summed E-state index contributed by atoms with van der Waals surface area (Å²) in [6.45, 7) is 0. The third kappa shape index (κ3) is 2.43. The van der Waals surface area contributed by atoms with E-state index in [1.807, 2.05) is 6.26 Å². The molecule has 0 atom stereocenters. The Kier molecular flexibility index (Phi) is 3.93. The van der Waals surface area contributed by atoms with Crippen LogP contribution >= 0.6 is 11.8 Å². The first-order valence-corrected chi connectivity index (χ1v) is 8.15. The van der Waals surface area contributed by atoms with Crippen LogP contribution < -0.4 is 0 Å². The summed E-state index contributed by atoms with van der Waals surface area (Å²) in [7, 11) is 1.65. The maximum atomic E-state index is 13.3. The predicted molar refractivity (Wildman–Crippen MR) is 87.3 cm³/mol. The van der Waals surface area contributed by atoms with Gasteiger partial charge in [0.05, 0.1) is 0 Å². The predicted octanol–water partition coefficient (Wildman–Crippen LogP) is 3.40. The van der Waals surface area contributed by atoms with Crippen molar-refractivity contribution in [1.82, 2.24) is 4.90 Å². The molecule has 0 spiro atoms. The van der Waals surface area contributed by atoms with Crippen LogP contribution in [0.1, 0.15) is 11.1 Å². The van der Waals surface area contributed by atoms with Gasteiger partial charge < -0.3 is 0 Å². The minimum Gasteiger partial charge on any atom is -0.292 e. The maximum absolute atomic E-state index is 13.3. The topological polar surface area (TPSA) is 32.7 Å². The fourth-order valence-electron chi connectivity index (χ4n) is 2.70. The molecule has 0 saturated heterocycles. The van der Waals surface area contributed by atoms with Gasteiger partial charge in [0.1, 0.15) is 11.6 Å². The summed E-state index contributed by atoms with van der Waals surface area (Å²) < 4.78 is 26.6. The zero-order valence-corrected chi connectivity index (χ0v) is 13.4. The SMILES string of the molecule is CSC1=NC(c2ccc(F)cc2)(c2ccc(F)cc2)C(=O)N1C. The summed E-state index contributed by atoms with van der Waals surface area (Å²) >= 11 is 1.35. The number of carbonyl (C=O) groups excluding carboxylic acids is 1. The minimum absolute atomic E-state index is 0.250. The van der Waals surface area contributed by atoms with Crippen molar-refractivity contribution >= 4 is 22.8 Å². The van der Waals surface area contributed by atoms with Crippen molar-refractivity contribution in [3.8, 4) is 0 Å². The first-order valence-electron chi connectivity index (χ1n) is 6.93. The van der Waals surface area contributed by atoms with Crippen molar-refractivity contribution in [3.63, 3.8) is 0 Å². The molecule has 1 aliphatic heterocycles. The van der Waals surface area contributed by atoms with Crippen LogP contribution in [-0.4, -0.2) is 29.3 Å². The molecule has 3 nitrogen and oxygen atoms in total. The van der Waals surface area contributed by atoms with Crippen molar-refractivity contribution in [2.75, 3.05) is 13.3 Å². The number of rotatable bonds is 2. The van der Waals surface area contributed by atoms with Crippen LogP contribution in [0.3, 0.4) is 0 Å². The van der Waals surface area contributed by atoms with Gasteiger partial charge in [0, 0.05) is 7.05 Å². The molecule has 0 N–H and O–H groups in total. The maximum Gasteiger partial charge on any atom is 0.265 e. The van der Waals surface area contributed by atoms with Gasteiger partial charge in [0.15, 0.2) is 10.7 Å². The zero-order chi connectivity index (χ0) is 16.6. The van der Waals surface area contributed by atoms with E-state index in [0.29, 0.717) is 16.3 Å². The van der Waals surface area contributed by atoms with Crippen LogP contribution in [-0.2, 0) is 10.3 Å². The van der Waals surface area contributed by atoms with E-state index in [4.69, 9.17) is 0 Å². The Morgan fingerprint density at radius 2 is 1.39 bits per heavy atom. The number of amides is 1. The molecule has 0 aliphatic carbocycles. The van der Waals surface area contributed by atoms with Crippen LogP contribution in [0, 0.1) is 11.6 Å². The first-order chi connectivity index (χ1) is 11.0. The van der Waals surface area contributed by atoms with Crippen molar-refractivity contribution < 1.29 is 13.6 Å². The molecule has 0 bridgehead atoms. The van der Waals surface area contributed by atoms with E-state index < -0.39 is 17.2 Å². The molecule has 0 aromatic heterocycles. The molecule has 1 heterocycles. The highest BCUT2D eigenvalue weighted by Gasteiger charge is 2.49. The molecule has 2 aromatic carbocycles. The normalized spacial score (nSPS) is 16.6. The number of thioether (sulfide) groups is 1. The second kappa shape index (κ2) is 5.77. The van der Waals surface area contributed by atoms with Gasteiger partial charge in [-0.3, -0.25) is 9.69 Å². The molecule has 0 saturated carbocycles. The van der Waals surface area contributed by atoms with Gasteiger partial charge in [0.2, 0.25) is 0 Å². The van der Waals surface area contributed by atoms with Crippen molar-refractivity contribution in [2.24, 2.45) is 4.99 Å². The van der Waals surface area contributed by atoms with E-state index in [0.717, 1.165) is 0 Å². The number of nitrogens with zero attached hydrogens (tertiary/aromatic N) is 2. The molecule has 0 unspecified atom stereocenters. The largest absolute Gasteiger partial charge is 0.292 e. The Bertz CT molecular complexity index is 727. The molecular weight excluding hydrogens is 318 g/mol. The van der Waals surface area contributed by atoms with Gasteiger partial charge in [-0.25, -0.2) is 13.8 Å². The van der Waals surface area contributed by atoms with Crippen LogP contribution in [0.25, 0.3) is 0 Å². The second-order valence-corrected chi connectivity index (χ2v) is 5.96. The Balaban J connectivity index is 2.26. The number of halogens is 2. The zero-order valence-electron chi connectivity index (χ0n) is 12.6. The number of amidine groups is 1. The number of benzene rings is 2. The molecule has 118 valence electrons. The number of aliphatic imine (C=N–C) groups is 1. The van der Waals surface area contributed by atoms with E-state index in [9.17, 15) is 13.6 Å². The number of hydrogen-bond acceptors (Lipinski definition) is 3. The highest BCUT2D eigenvalue weighted by Crippen LogP contribution is 2.41. The lowest BCUT2D eigenvalue weighted by molar-refractivity contribution is -0.129. The van der Waals surface area contributed by atoms with Gasteiger partial charge in [0.25, 0.3) is 5.91 Å². The number of carbonyl (C=O) groups is 1. The third-order valence-electron chi connectivity index (χ3n) is 3.87. The summed E-state index contributed by atoms with van der Waals surface area (Å²) in [5.41, 5.74) is -0.216. The molecule has 0 fully saturated rings. The molecule has 0 radical (unpaired) electrons. The standard InChI is InChI=1S/C17H14F2N2OS/c1-21-15(22)17(20-16(21)23-2,11-3-7-13(18)8-4-11)12-5-9-14(19)10-6-12/h3-10H,1-2H3. The Labute approximate surface area is 137 Å². The van der Waals surface area contributed by atoms with Gasteiger partial charge in [-0.2, -0.15) is 0 Å². The fourth-order valence-corrected chi connectivity index (χ4v) is 3.29. The quantitative estimate of drug-likeness (QED) is 0.844. The first kappa shape index (κ1) is 15.7. The Morgan fingerprint density at radius 3 is 1.74 bits per heavy atom. The molecule has 23 heavy (non-hydrogen) atoms. The molecule has 1 amide bonds. The average molecular weight is 332 g/mol. The smallest absolute Gasteiger partial charge is 0.265 e. The van der Waals surface area contributed by atoms with E-state index >= 15 is 0 Å². The van der Waals surface area contributed by atoms with E-state index in [2.05, 4.69) is 4.99 Å². The van der Waals surface area contributed by atoms with Crippen LogP contribution in [0.5, 0.6) is 0 Å². The Morgan fingerprint density at radius 1 is 0.957 bits per heavy atom. The van der Waals surface area contributed by atoms with Crippen LogP contribution in [0.4, 0.5) is 8.78 Å². The van der Waals surface area contributed by atoms with Crippen molar-refractivity contribution in [1.29, 1.82) is 0 Å². The average Bonchev–Trinajstić information content (AvgIpc) is 2.82. The summed E-state index contributed by atoms with van der Waals surface area (Å²) in [6.07, 6.45) is 1.83. The fraction of sp³-hybridized carbons (Fsp3) is 0.176. The van der Waals surface area contributed by atoms with Crippen molar-refractivity contribution in [3.05, 3.63) is 71.3 Å². The summed E-state index contributed by atoms with van der Waals surface area (Å²) in [5, 5.41) is 0.559. The number of likely N-dealkylation sites (N-methyl/N-ethyl adjacent to an activating group) is 1. The highest BCUT2D eigenvalue weighted by molar-refractivity contribution is 8.13. The second-order valence-electron chi connectivity index (χ2n) is 5.19. The Hall–Kier alpha value is -2.21. The summed E-state index contributed by atoms with van der Waals surface area (Å²) in [6, 6.07) is 11.3. The summed E-state index contributed by atoms with van der Waals surface area (Å²) in [4.78, 5) is 19.1. The summed E-state index contributed by atoms with van der Waals surface area (Å²) in [5.74, 6) is -1.04. The molecule has 6 heteroatoms. The lowest BCUT2D eigenvalue weighted by Gasteiger charge is -2.26. The van der Waals surface area contributed by atoms with Gasteiger partial charge in [-0.05, 0) is 41.6 Å². The monoisotopic (exact) mass is 332 g/mol. The number of hydrogen-bond donors (Lipinski definition) is 0. The van der Waals surface area contributed by atoms with Crippen LogP contribution in [0.2, 0.25) is 0 Å². The van der Waals surface area contributed by atoms with Crippen LogP contribution in [0.15, 0.2) is 53.5 Å². The lowest BCUT2D eigenvalue weighted by Crippen LogP contribution is -2.39. The molecular formula is C17H14F2N2OS. The molecule has 3 rings (SSSR count). The van der Waals surface area contributed by atoms with E-state index in [1.165, 1.54) is 65.2 Å². The third-order valence-corrected chi connectivity index (χ3v) is 4.60. The van der Waals surface area contributed by atoms with Gasteiger partial charge >= 0.3 is 0 Å². The van der Waals surface area contributed by atoms with E-state index in [1.54, 1.807) is 7.05 Å². The molecule has 1 aliphatic rings. The highest BCUT2D eigenvalue weighted by atomic mass is 32.2. The molecule has 2 aromatic rings. The van der Waals surface area contributed by atoms with Gasteiger partial charge in [-0.15, -0.1) is 0 Å². The van der Waals surface area contributed by atoms with Crippen molar-refractivity contribution in [2.45, 2.75) is 5.54 Å². The van der Waals surface area contributed by atoms with Gasteiger partial charge in [-0.1, -0.05) is 36.0 Å². The minimum atomic E-state index is -1.31. The van der Waals surface area contributed by atoms with E-state index in [-0.39, 0.29) is 5.91 Å².